The minimum atomic E-state index is -0.0798. The SMILES string of the molecule is COc1ccc(CNC(=O)C2CCC3S/C(=C\c4cccc(Cl)c4)C(=O)N(C)C3C2)cc1. The summed E-state index contributed by atoms with van der Waals surface area (Å²) in [5, 5.41) is 4.01. The maximum atomic E-state index is 13.0. The number of halogens is 1. The number of nitrogens with one attached hydrogen (secondary N) is 1. The molecule has 0 spiro atoms. The molecule has 1 aliphatic heterocycles. The molecule has 2 aliphatic rings. The van der Waals surface area contributed by atoms with Crippen LogP contribution in [-0.4, -0.2) is 42.2 Å². The van der Waals surface area contributed by atoms with E-state index in [9.17, 15) is 9.59 Å². The molecule has 1 N–H and O–H groups in total. The zero-order valence-electron chi connectivity index (χ0n) is 18.2. The summed E-state index contributed by atoms with van der Waals surface area (Å²) in [6, 6.07) is 15.3. The van der Waals surface area contributed by atoms with E-state index in [1.807, 2.05) is 66.6 Å². The Morgan fingerprint density at radius 2 is 2.03 bits per heavy atom. The van der Waals surface area contributed by atoms with Gasteiger partial charge in [-0.25, -0.2) is 0 Å². The molecule has 0 aromatic heterocycles. The third-order valence-corrected chi connectivity index (χ3v) is 7.84. The predicted octanol–water partition coefficient (Wildman–Crippen LogP) is 4.75. The van der Waals surface area contributed by atoms with Crippen LogP contribution in [0.25, 0.3) is 6.08 Å². The second-order valence-electron chi connectivity index (χ2n) is 8.28. The topological polar surface area (TPSA) is 58.6 Å². The number of fused-ring (bicyclic) bond motifs is 1. The van der Waals surface area contributed by atoms with Gasteiger partial charge in [-0.15, -0.1) is 11.8 Å². The Hall–Kier alpha value is -2.44. The number of carbonyl (C=O) groups is 2. The van der Waals surface area contributed by atoms with Gasteiger partial charge in [0.1, 0.15) is 5.75 Å². The van der Waals surface area contributed by atoms with Gasteiger partial charge < -0.3 is 15.0 Å². The van der Waals surface area contributed by atoms with Crippen molar-refractivity contribution in [3.63, 3.8) is 0 Å². The average molecular weight is 471 g/mol. The van der Waals surface area contributed by atoms with Gasteiger partial charge in [-0.3, -0.25) is 9.59 Å². The third kappa shape index (κ3) is 5.13. The first-order valence-corrected chi connectivity index (χ1v) is 12.0. The number of benzene rings is 2. The molecule has 4 rings (SSSR count). The number of rotatable bonds is 5. The highest BCUT2D eigenvalue weighted by Gasteiger charge is 2.42. The highest BCUT2D eigenvalue weighted by Crippen LogP contribution is 2.43. The molecule has 168 valence electrons. The Balaban J connectivity index is 1.37. The quantitative estimate of drug-likeness (QED) is 0.641. The Morgan fingerprint density at radius 3 is 2.75 bits per heavy atom. The fourth-order valence-corrected chi connectivity index (χ4v) is 6.04. The number of likely N-dealkylation sites (N-methyl/N-ethyl adjacent to an activating group) is 1. The lowest BCUT2D eigenvalue weighted by Crippen LogP contribution is -2.52. The lowest BCUT2D eigenvalue weighted by atomic mass is 9.83. The molecule has 1 saturated carbocycles. The maximum Gasteiger partial charge on any atom is 0.260 e. The molecule has 2 aromatic rings. The van der Waals surface area contributed by atoms with Gasteiger partial charge >= 0.3 is 0 Å². The third-order valence-electron chi connectivity index (χ3n) is 6.20. The lowest BCUT2D eigenvalue weighted by molar-refractivity contribution is -0.132. The monoisotopic (exact) mass is 470 g/mol. The Labute approximate surface area is 198 Å². The lowest BCUT2D eigenvalue weighted by Gasteiger charge is -2.44. The Bertz CT molecular complexity index is 1020. The minimum absolute atomic E-state index is 0.00974. The maximum absolute atomic E-state index is 13.0. The fraction of sp³-hybridized carbons (Fsp3) is 0.360. The smallest absolute Gasteiger partial charge is 0.260 e. The van der Waals surface area contributed by atoms with Crippen molar-refractivity contribution in [3.05, 3.63) is 69.6 Å². The molecule has 2 amide bonds. The average Bonchev–Trinajstić information content (AvgIpc) is 2.81. The second kappa shape index (κ2) is 10.0. The predicted molar refractivity (Wildman–Crippen MR) is 130 cm³/mol. The van der Waals surface area contributed by atoms with E-state index in [4.69, 9.17) is 16.3 Å². The van der Waals surface area contributed by atoms with Gasteiger partial charge in [-0.05, 0) is 60.7 Å². The summed E-state index contributed by atoms with van der Waals surface area (Å²) < 4.78 is 5.17. The minimum Gasteiger partial charge on any atom is -0.497 e. The van der Waals surface area contributed by atoms with E-state index >= 15 is 0 Å². The van der Waals surface area contributed by atoms with Gasteiger partial charge in [0.15, 0.2) is 0 Å². The number of amides is 2. The van der Waals surface area contributed by atoms with E-state index in [1.165, 1.54) is 0 Å². The summed E-state index contributed by atoms with van der Waals surface area (Å²) in [4.78, 5) is 28.4. The van der Waals surface area contributed by atoms with Crippen LogP contribution in [0.4, 0.5) is 0 Å². The van der Waals surface area contributed by atoms with Gasteiger partial charge in [-0.2, -0.15) is 0 Å². The number of hydrogen-bond donors (Lipinski definition) is 1. The van der Waals surface area contributed by atoms with Crippen molar-refractivity contribution in [1.29, 1.82) is 0 Å². The Morgan fingerprint density at radius 1 is 1.25 bits per heavy atom. The van der Waals surface area contributed by atoms with Crippen molar-refractivity contribution in [2.75, 3.05) is 14.2 Å². The van der Waals surface area contributed by atoms with Crippen LogP contribution in [0.5, 0.6) is 5.75 Å². The van der Waals surface area contributed by atoms with E-state index in [0.29, 0.717) is 23.2 Å². The molecule has 5 nitrogen and oxygen atoms in total. The van der Waals surface area contributed by atoms with Crippen molar-refractivity contribution in [1.82, 2.24) is 10.2 Å². The first-order valence-electron chi connectivity index (χ1n) is 10.8. The summed E-state index contributed by atoms with van der Waals surface area (Å²) >= 11 is 7.73. The number of carbonyl (C=O) groups excluding carboxylic acids is 2. The van der Waals surface area contributed by atoms with E-state index in [-0.39, 0.29) is 23.8 Å². The normalized spacial score (nSPS) is 24.2. The molecule has 2 fully saturated rings. The summed E-state index contributed by atoms with van der Waals surface area (Å²) in [5.41, 5.74) is 1.95. The number of thioether (sulfide) groups is 1. The van der Waals surface area contributed by atoms with Crippen molar-refractivity contribution in [3.8, 4) is 5.75 Å². The molecule has 1 aliphatic carbocycles. The number of hydrogen-bond acceptors (Lipinski definition) is 4. The standard InChI is InChI=1S/C25H27ClN2O3S/c1-28-21-14-18(24(29)27-15-16-6-9-20(31-2)10-7-16)8-11-22(21)32-23(25(28)30)13-17-4-3-5-19(26)12-17/h3-7,9-10,12-13,18,21-22H,8,11,14-15H2,1-2H3,(H,27,29)/b23-13-. The second-order valence-corrected chi connectivity index (χ2v) is 10.00. The molecule has 2 aromatic carbocycles. The van der Waals surface area contributed by atoms with Gasteiger partial charge in [0.2, 0.25) is 5.91 Å². The van der Waals surface area contributed by atoms with Crippen LogP contribution in [0, 0.1) is 5.92 Å². The first-order chi connectivity index (χ1) is 15.4. The van der Waals surface area contributed by atoms with E-state index in [2.05, 4.69) is 5.32 Å². The van der Waals surface area contributed by atoms with E-state index in [0.717, 1.165) is 34.6 Å². The van der Waals surface area contributed by atoms with Gasteiger partial charge in [0.05, 0.1) is 12.0 Å². The molecule has 1 heterocycles. The van der Waals surface area contributed by atoms with Crippen LogP contribution < -0.4 is 10.1 Å². The molecule has 0 radical (unpaired) electrons. The largest absolute Gasteiger partial charge is 0.497 e. The molecule has 1 saturated heterocycles. The van der Waals surface area contributed by atoms with Crippen molar-refractivity contribution in [2.24, 2.45) is 5.92 Å². The first kappa shape index (κ1) is 22.7. The van der Waals surface area contributed by atoms with E-state index in [1.54, 1.807) is 18.9 Å². The zero-order valence-corrected chi connectivity index (χ0v) is 19.8. The van der Waals surface area contributed by atoms with Crippen LogP contribution in [-0.2, 0) is 16.1 Å². The number of methoxy groups -OCH3 is 1. The highest BCUT2D eigenvalue weighted by molar-refractivity contribution is 8.04. The molecule has 3 atom stereocenters. The van der Waals surface area contributed by atoms with Crippen LogP contribution in [0.1, 0.15) is 30.4 Å². The van der Waals surface area contributed by atoms with Gasteiger partial charge in [0, 0.05) is 35.8 Å². The Kier molecular flexibility index (Phi) is 7.11. The zero-order chi connectivity index (χ0) is 22.7. The van der Waals surface area contributed by atoms with Crippen LogP contribution >= 0.6 is 23.4 Å². The number of nitrogens with zero attached hydrogens (tertiary/aromatic N) is 1. The van der Waals surface area contributed by atoms with Crippen molar-refractivity contribution < 1.29 is 14.3 Å². The number of ether oxygens (including phenoxy) is 1. The van der Waals surface area contributed by atoms with Crippen LogP contribution in [0.15, 0.2) is 53.4 Å². The fourth-order valence-electron chi connectivity index (χ4n) is 4.36. The van der Waals surface area contributed by atoms with Crippen LogP contribution in [0.3, 0.4) is 0 Å². The van der Waals surface area contributed by atoms with Crippen molar-refractivity contribution in [2.45, 2.75) is 37.1 Å². The molecule has 3 unspecified atom stereocenters. The summed E-state index contributed by atoms with van der Waals surface area (Å²) in [7, 11) is 3.48. The van der Waals surface area contributed by atoms with Crippen molar-refractivity contribution >= 4 is 41.3 Å². The molecular formula is C25H27ClN2O3S. The van der Waals surface area contributed by atoms with E-state index < -0.39 is 0 Å². The molecule has 7 heteroatoms. The summed E-state index contributed by atoms with van der Waals surface area (Å²) in [6.07, 6.45) is 4.34. The van der Waals surface area contributed by atoms with Gasteiger partial charge in [-0.1, -0.05) is 35.9 Å². The molecule has 32 heavy (non-hydrogen) atoms. The summed E-state index contributed by atoms with van der Waals surface area (Å²) in [5.74, 6) is 0.786. The molecule has 0 bridgehead atoms. The highest BCUT2D eigenvalue weighted by atomic mass is 35.5. The summed E-state index contributed by atoms with van der Waals surface area (Å²) in [6.45, 7) is 0.490. The van der Waals surface area contributed by atoms with Crippen LogP contribution in [0.2, 0.25) is 5.02 Å². The molecular weight excluding hydrogens is 444 g/mol. The van der Waals surface area contributed by atoms with Gasteiger partial charge in [0.25, 0.3) is 5.91 Å².